The van der Waals surface area contributed by atoms with Gasteiger partial charge in [-0.3, -0.25) is 4.79 Å². The van der Waals surface area contributed by atoms with Crippen LogP contribution in [0.2, 0.25) is 40.8 Å². The van der Waals surface area contributed by atoms with Crippen molar-refractivity contribution in [3.05, 3.63) is 143 Å². The highest BCUT2D eigenvalue weighted by molar-refractivity contribution is 6.99. The molecule has 5 rings (SSSR count). The van der Waals surface area contributed by atoms with Crippen LogP contribution in [0, 0.1) is 5.41 Å². The summed E-state index contributed by atoms with van der Waals surface area (Å²) in [6.07, 6.45) is 3.71. The Morgan fingerprint density at radius 2 is 1.48 bits per heavy atom. The molecule has 0 N–H and O–H groups in total. The van der Waals surface area contributed by atoms with Gasteiger partial charge < -0.3 is 14.1 Å². The predicted octanol–water partition coefficient (Wildman–Crippen LogP) is 11.3. The summed E-state index contributed by atoms with van der Waals surface area (Å²) in [7, 11) is -4.27. The van der Waals surface area contributed by atoms with E-state index in [-0.39, 0.29) is 28.9 Å². The van der Waals surface area contributed by atoms with Crippen LogP contribution in [0.15, 0.2) is 122 Å². The molecule has 0 bridgehead atoms. The van der Waals surface area contributed by atoms with Gasteiger partial charge in [0.25, 0.3) is 8.32 Å². The van der Waals surface area contributed by atoms with Crippen LogP contribution in [-0.4, -0.2) is 53.1 Å². The van der Waals surface area contributed by atoms with E-state index in [0.29, 0.717) is 49.1 Å². The zero-order valence-electron chi connectivity index (χ0n) is 33.3. The molecule has 0 spiro atoms. The number of piperidine rings is 1. The van der Waals surface area contributed by atoms with Crippen molar-refractivity contribution in [3.63, 3.8) is 0 Å². The van der Waals surface area contributed by atoms with Crippen molar-refractivity contribution in [2.45, 2.75) is 95.7 Å². The molecule has 0 radical (unpaired) electrons. The van der Waals surface area contributed by atoms with Crippen LogP contribution in [0.3, 0.4) is 0 Å². The van der Waals surface area contributed by atoms with E-state index in [1.807, 2.05) is 30.3 Å². The fourth-order valence-electron chi connectivity index (χ4n) is 8.35. The highest BCUT2D eigenvalue weighted by Crippen LogP contribution is 2.53. The number of allylic oxidation sites excluding steroid dienone is 1. The van der Waals surface area contributed by atoms with Gasteiger partial charge in [-0.15, -0.1) is 6.58 Å². The Morgan fingerprint density at radius 1 is 0.870 bits per heavy atom. The molecule has 0 unspecified atom stereocenters. The van der Waals surface area contributed by atoms with E-state index in [2.05, 4.69) is 144 Å². The monoisotopic (exact) mass is 799 g/mol. The van der Waals surface area contributed by atoms with Crippen molar-refractivity contribution in [2.24, 2.45) is 5.41 Å². The van der Waals surface area contributed by atoms with Crippen molar-refractivity contribution < 1.29 is 14.0 Å². The van der Waals surface area contributed by atoms with E-state index < -0.39 is 21.8 Å². The minimum atomic E-state index is -2.92. The molecule has 4 aromatic rings. The number of benzene rings is 4. The molecule has 8 heteroatoms. The van der Waals surface area contributed by atoms with Gasteiger partial charge in [0, 0.05) is 30.6 Å². The zero-order valence-corrected chi connectivity index (χ0v) is 36.8. The van der Waals surface area contributed by atoms with Crippen LogP contribution in [0.1, 0.15) is 70.0 Å². The number of amides is 1. The molecular weight excluding hydrogens is 742 g/mol. The van der Waals surface area contributed by atoms with Crippen LogP contribution in [0.25, 0.3) is 0 Å². The lowest BCUT2D eigenvalue weighted by molar-refractivity contribution is -0.162. The van der Waals surface area contributed by atoms with Crippen LogP contribution in [0.4, 0.5) is 0 Å². The predicted molar refractivity (Wildman–Crippen MR) is 234 cm³/mol. The van der Waals surface area contributed by atoms with Crippen molar-refractivity contribution in [3.8, 4) is 0 Å². The number of hydrogen-bond acceptors (Lipinski definition) is 3. The first-order valence-electron chi connectivity index (χ1n) is 19.4. The number of ether oxygens (including phenoxy) is 1. The topological polar surface area (TPSA) is 38.8 Å². The maximum Gasteiger partial charge on any atom is 0.261 e. The van der Waals surface area contributed by atoms with E-state index in [9.17, 15) is 0 Å². The van der Waals surface area contributed by atoms with Crippen LogP contribution in [-0.2, 0) is 14.0 Å². The summed E-state index contributed by atoms with van der Waals surface area (Å²) >= 11 is 13.2. The number of carbonyl (C=O) groups excluding carboxylic acids is 1. The van der Waals surface area contributed by atoms with E-state index in [1.165, 1.54) is 10.4 Å². The first-order chi connectivity index (χ1) is 25.7. The van der Waals surface area contributed by atoms with Gasteiger partial charge in [-0.2, -0.15) is 0 Å². The minimum absolute atomic E-state index is 0.0787. The van der Waals surface area contributed by atoms with Gasteiger partial charge in [-0.05, 0) is 76.1 Å². The maximum absolute atomic E-state index is 15.7. The molecule has 1 fully saturated rings. The number of nitrogens with zero attached hydrogens (tertiary/aromatic N) is 1. The summed E-state index contributed by atoms with van der Waals surface area (Å²) in [6, 6.07) is 38.1. The second kappa shape index (κ2) is 17.9. The number of carbonyl (C=O) groups is 1. The number of hydrogen-bond donors (Lipinski definition) is 0. The first-order valence-corrected chi connectivity index (χ1v) is 25.8. The lowest BCUT2D eigenvalue weighted by atomic mass is 9.66. The standard InChI is InChI=1S/C46H59Cl2NO3Si2/c1-9-28-46(34-51-29-30-53(6,7)8)32-42(36-18-17-19-38(48)31-36)43(35-24-26-37(47)27-25-35)49(44(46)50)39(10-2)33-52-54(45(3,4)5,40-20-13-11-14-21-40)41-22-15-12-16-23-41/h9,11-27,31,39,42-43H,1,10,28-30,32-34H2,2-8H3/t39-,42+,43+,46-/m0/s1. The van der Waals surface area contributed by atoms with Gasteiger partial charge in [0.05, 0.1) is 30.7 Å². The fraction of sp³-hybridized carbons (Fsp3) is 0.413. The van der Waals surface area contributed by atoms with Crippen LogP contribution >= 0.6 is 23.2 Å². The van der Waals surface area contributed by atoms with Gasteiger partial charge in [0.2, 0.25) is 5.91 Å². The molecule has 0 aliphatic carbocycles. The first kappa shape index (κ1) is 42.2. The van der Waals surface area contributed by atoms with Gasteiger partial charge in [0.15, 0.2) is 0 Å². The molecule has 0 saturated carbocycles. The lowest BCUT2D eigenvalue weighted by Gasteiger charge is -2.53. The van der Waals surface area contributed by atoms with Gasteiger partial charge in [0.1, 0.15) is 0 Å². The minimum Gasteiger partial charge on any atom is -0.405 e. The number of likely N-dealkylation sites (tertiary alicyclic amines) is 1. The third-order valence-electron chi connectivity index (χ3n) is 11.2. The largest absolute Gasteiger partial charge is 0.405 e. The molecule has 1 aliphatic heterocycles. The van der Waals surface area contributed by atoms with E-state index in [4.69, 9.17) is 32.4 Å². The summed E-state index contributed by atoms with van der Waals surface area (Å²) in [5, 5.41) is 3.55. The molecule has 1 heterocycles. The summed E-state index contributed by atoms with van der Waals surface area (Å²) in [5.74, 6) is 0.0107. The molecule has 4 aromatic carbocycles. The maximum atomic E-state index is 15.7. The Kier molecular flexibility index (Phi) is 14.0. The molecule has 1 aliphatic rings. The Morgan fingerprint density at radius 3 is 2.00 bits per heavy atom. The van der Waals surface area contributed by atoms with E-state index in [0.717, 1.165) is 17.2 Å². The van der Waals surface area contributed by atoms with Gasteiger partial charge >= 0.3 is 0 Å². The SMILES string of the molecule is C=CC[C@@]1(COCC[Si](C)(C)C)C[C@H](c2cccc(Cl)c2)[C@@H](c2ccc(Cl)cc2)N([C@@H](CC)CO[Si](c2ccccc2)(c2ccccc2)C(C)(C)C)C1=O. The molecule has 4 atom stereocenters. The third kappa shape index (κ3) is 9.34. The Labute approximate surface area is 337 Å². The van der Waals surface area contributed by atoms with E-state index in [1.54, 1.807) is 0 Å². The summed E-state index contributed by atoms with van der Waals surface area (Å²) < 4.78 is 14.2. The highest BCUT2D eigenvalue weighted by atomic mass is 35.5. The summed E-state index contributed by atoms with van der Waals surface area (Å²) in [6.45, 7) is 21.6. The molecule has 0 aromatic heterocycles. The summed E-state index contributed by atoms with van der Waals surface area (Å²) in [5.41, 5.74) is 1.31. The third-order valence-corrected chi connectivity index (χ3v) is 18.3. The van der Waals surface area contributed by atoms with E-state index >= 15 is 4.79 Å². The fourth-order valence-corrected chi connectivity index (χ4v) is 14.0. The van der Waals surface area contributed by atoms with Crippen LogP contribution in [0.5, 0.6) is 0 Å². The number of rotatable bonds is 16. The summed E-state index contributed by atoms with van der Waals surface area (Å²) in [4.78, 5) is 17.9. The quantitative estimate of drug-likeness (QED) is 0.0644. The van der Waals surface area contributed by atoms with Crippen molar-refractivity contribution >= 4 is 55.9 Å². The van der Waals surface area contributed by atoms with Gasteiger partial charge in [-0.25, -0.2) is 0 Å². The Bertz CT molecular complexity index is 1790. The molecule has 1 amide bonds. The zero-order chi connectivity index (χ0) is 39.1. The lowest BCUT2D eigenvalue weighted by Crippen LogP contribution is -2.68. The highest BCUT2D eigenvalue weighted by Gasteiger charge is 2.55. The van der Waals surface area contributed by atoms with Crippen molar-refractivity contribution in [1.29, 1.82) is 0 Å². The van der Waals surface area contributed by atoms with Crippen molar-refractivity contribution in [1.82, 2.24) is 4.90 Å². The smallest absolute Gasteiger partial charge is 0.261 e. The Hall–Kier alpha value is -2.98. The average Bonchev–Trinajstić information content (AvgIpc) is 3.13. The molecule has 4 nitrogen and oxygen atoms in total. The normalized spacial score (nSPS) is 20.2. The Balaban J connectivity index is 1.68. The molecule has 54 heavy (non-hydrogen) atoms. The van der Waals surface area contributed by atoms with Gasteiger partial charge in [-0.1, -0.05) is 162 Å². The molecule has 288 valence electrons. The van der Waals surface area contributed by atoms with Crippen molar-refractivity contribution in [2.75, 3.05) is 19.8 Å². The second-order valence-electron chi connectivity index (χ2n) is 17.2. The average molecular weight is 801 g/mol. The second-order valence-corrected chi connectivity index (χ2v) is 28.0. The van der Waals surface area contributed by atoms with Crippen LogP contribution < -0.4 is 10.4 Å². The molecule has 1 saturated heterocycles. The number of halogens is 2. The molecular formula is C46H59Cl2NO3Si2.